The van der Waals surface area contributed by atoms with E-state index in [9.17, 15) is 19.1 Å². The maximum atomic E-state index is 13.4. The molecule has 2 N–H and O–H groups in total. The third-order valence-corrected chi connectivity index (χ3v) is 3.57. The Morgan fingerprint density at radius 3 is 2.86 bits per heavy atom. The predicted octanol–water partition coefficient (Wildman–Crippen LogP) is 2.15. The van der Waals surface area contributed by atoms with Gasteiger partial charge in [0.1, 0.15) is 5.82 Å². The topological polar surface area (TPSA) is 75.6 Å². The maximum Gasteiger partial charge on any atom is 0.330 e. The molecular formula is C14H15ClFNO4. The van der Waals surface area contributed by atoms with Gasteiger partial charge in [-0.25, -0.2) is 9.18 Å². The van der Waals surface area contributed by atoms with Crippen molar-refractivity contribution in [3.63, 3.8) is 0 Å². The summed E-state index contributed by atoms with van der Waals surface area (Å²) < 4.78 is 18.7. The number of rotatable bonds is 6. The van der Waals surface area contributed by atoms with Crippen molar-refractivity contribution in [1.82, 2.24) is 5.32 Å². The molecule has 5 nitrogen and oxygen atoms in total. The molecule has 3 unspecified atom stereocenters. The van der Waals surface area contributed by atoms with Crippen LogP contribution in [-0.4, -0.2) is 29.7 Å². The maximum absolute atomic E-state index is 13.4. The zero-order chi connectivity index (χ0) is 15.6. The molecule has 0 aliphatic heterocycles. The monoisotopic (exact) mass is 315 g/mol. The highest BCUT2D eigenvalue weighted by Crippen LogP contribution is 2.34. The molecule has 2 rings (SSSR count). The number of carboxylic acids is 1. The van der Waals surface area contributed by atoms with Crippen molar-refractivity contribution in [1.29, 1.82) is 0 Å². The molecule has 1 amide bonds. The minimum absolute atomic E-state index is 0.104. The van der Waals surface area contributed by atoms with Crippen LogP contribution in [0.15, 0.2) is 18.2 Å². The van der Waals surface area contributed by atoms with Gasteiger partial charge in [0.2, 0.25) is 5.91 Å². The average Bonchev–Trinajstić information content (AvgIpc) is 3.18. The number of hydrogen-bond donors (Lipinski definition) is 2. The first kappa shape index (κ1) is 15.7. The third-order valence-electron chi connectivity index (χ3n) is 3.26. The summed E-state index contributed by atoms with van der Waals surface area (Å²) in [4.78, 5) is 23.2. The van der Waals surface area contributed by atoms with E-state index in [-0.39, 0.29) is 22.6 Å². The van der Waals surface area contributed by atoms with Gasteiger partial charge < -0.3 is 15.2 Å². The normalized spacial score (nSPS) is 21.7. The quantitative estimate of drug-likeness (QED) is 0.843. The Bertz CT molecular complexity index is 566. The first-order valence-corrected chi connectivity index (χ1v) is 6.91. The standard InChI is InChI=1S/C14H15ClFNO4/c1-2-21-11-6-8(11)13(18)17-12(14(19)20)7-3-4-9(15)10(16)5-7/h3-5,8,11-12H,2,6H2,1H3,(H,17,18)(H,19,20). The highest BCUT2D eigenvalue weighted by molar-refractivity contribution is 6.30. The van der Waals surface area contributed by atoms with Gasteiger partial charge in [0.15, 0.2) is 6.04 Å². The van der Waals surface area contributed by atoms with Gasteiger partial charge in [0.25, 0.3) is 0 Å². The number of ether oxygens (including phenoxy) is 1. The van der Waals surface area contributed by atoms with Crippen LogP contribution in [0.1, 0.15) is 24.9 Å². The van der Waals surface area contributed by atoms with Gasteiger partial charge in [-0.15, -0.1) is 0 Å². The first-order valence-electron chi connectivity index (χ1n) is 6.53. The van der Waals surface area contributed by atoms with Crippen molar-refractivity contribution < 1.29 is 23.8 Å². The van der Waals surface area contributed by atoms with Crippen LogP contribution in [-0.2, 0) is 14.3 Å². The lowest BCUT2D eigenvalue weighted by Crippen LogP contribution is -2.35. The smallest absolute Gasteiger partial charge is 0.330 e. The number of aliphatic carboxylic acids is 1. The van der Waals surface area contributed by atoms with Gasteiger partial charge in [-0.2, -0.15) is 0 Å². The van der Waals surface area contributed by atoms with Crippen molar-refractivity contribution in [3.05, 3.63) is 34.6 Å². The number of halogens is 2. The van der Waals surface area contributed by atoms with E-state index in [1.54, 1.807) is 0 Å². The second-order valence-electron chi connectivity index (χ2n) is 4.79. The van der Waals surface area contributed by atoms with Gasteiger partial charge in [0.05, 0.1) is 17.0 Å². The summed E-state index contributed by atoms with van der Waals surface area (Å²) in [6.45, 7) is 2.32. The Morgan fingerprint density at radius 1 is 1.57 bits per heavy atom. The number of nitrogens with one attached hydrogen (secondary N) is 1. The zero-order valence-corrected chi connectivity index (χ0v) is 12.1. The van der Waals surface area contributed by atoms with Gasteiger partial charge in [-0.1, -0.05) is 17.7 Å². The van der Waals surface area contributed by atoms with Gasteiger partial charge in [-0.3, -0.25) is 4.79 Å². The molecular weight excluding hydrogens is 301 g/mol. The molecule has 0 radical (unpaired) electrons. The Morgan fingerprint density at radius 2 is 2.29 bits per heavy atom. The Kier molecular flexibility index (Phi) is 4.80. The molecule has 0 heterocycles. The van der Waals surface area contributed by atoms with Gasteiger partial charge in [0, 0.05) is 6.61 Å². The fraction of sp³-hybridized carbons (Fsp3) is 0.429. The fourth-order valence-corrected chi connectivity index (χ4v) is 2.19. The lowest BCUT2D eigenvalue weighted by molar-refractivity contribution is -0.142. The molecule has 0 aromatic heterocycles. The van der Waals surface area contributed by atoms with E-state index >= 15 is 0 Å². The van der Waals surface area contributed by atoms with Crippen LogP contribution in [0.25, 0.3) is 0 Å². The van der Waals surface area contributed by atoms with Crippen molar-refractivity contribution in [3.8, 4) is 0 Å². The number of amides is 1. The molecule has 1 fully saturated rings. The lowest BCUT2D eigenvalue weighted by atomic mass is 10.1. The minimum atomic E-state index is -1.31. The molecule has 7 heteroatoms. The van der Waals surface area contributed by atoms with E-state index in [1.165, 1.54) is 12.1 Å². The van der Waals surface area contributed by atoms with E-state index in [2.05, 4.69) is 5.32 Å². The van der Waals surface area contributed by atoms with Crippen LogP contribution in [0.4, 0.5) is 4.39 Å². The highest BCUT2D eigenvalue weighted by atomic mass is 35.5. The van der Waals surface area contributed by atoms with Crippen molar-refractivity contribution in [2.75, 3.05) is 6.61 Å². The molecule has 3 atom stereocenters. The summed E-state index contributed by atoms with van der Waals surface area (Å²) in [5.41, 5.74) is 0.131. The number of hydrogen-bond acceptors (Lipinski definition) is 3. The molecule has 21 heavy (non-hydrogen) atoms. The van der Waals surface area contributed by atoms with Crippen molar-refractivity contribution in [2.24, 2.45) is 5.92 Å². The second-order valence-corrected chi connectivity index (χ2v) is 5.20. The predicted molar refractivity (Wildman–Crippen MR) is 73.5 cm³/mol. The molecule has 0 bridgehead atoms. The van der Waals surface area contributed by atoms with Gasteiger partial charge >= 0.3 is 5.97 Å². The van der Waals surface area contributed by atoms with Crippen LogP contribution in [0.5, 0.6) is 0 Å². The van der Waals surface area contributed by atoms with Gasteiger partial charge in [-0.05, 0) is 31.0 Å². The number of benzene rings is 1. The van der Waals surface area contributed by atoms with Crippen molar-refractivity contribution in [2.45, 2.75) is 25.5 Å². The van der Waals surface area contributed by atoms with E-state index in [1.807, 2.05) is 6.92 Å². The molecule has 1 aliphatic carbocycles. The first-order chi connectivity index (χ1) is 9.93. The number of carboxylic acid groups (broad SMARTS) is 1. The summed E-state index contributed by atoms with van der Waals surface area (Å²) >= 11 is 5.56. The minimum Gasteiger partial charge on any atom is -0.479 e. The highest BCUT2D eigenvalue weighted by Gasteiger charge is 2.45. The van der Waals surface area contributed by atoms with Crippen LogP contribution < -0.4 is 5.32 Å². The summed E-state index contributed by atoms with van der Waals surface area (Å²) in [5.74, 6) is -2.74. The fourth-order valence-electron chi connectivity index (χ4n) is 2.07. The molecule has 1 aromatic rings. The average molecular weight is 316 g/mol. The Hall–Kier alpha value is -1.66. The SMILES string of the molecule is CCOC1CC1C(=O)NC(C(=O)O)c1ccc(Cl)c(F)c1. The molecule has 1 aliphatic rings. The molecule has 1 saturated carbocycles. The van der Waals surface area contributed by atoms with Crippen LogP contribution in [0.2, 0.25) is 5.02 Å². The summed E-state index contributed by atoms with van der Waals surface area (Å²) in [6.07, 6.45) is 0.410. The van der Waals surface area contributed by atoms with Crippen molar-refractivity contribution >= 4 is 23.5 Å². The van der Waals surface area contributed by atoms with Crippen LogP contribution in [0, 0.1) is 11.7 Å². The van der Waals surface area contributed by atoms with Crippen LogP contribution >= 0.6 is 11.6 Å². The molecule has 114 valence electrons. The van der Waals surface area contributed by atoms with E-state index in [0.717, 1.165) is 6.07 Å². The Labute approximate surface area is 126 Å². The summed E-state index contributed by atoms with van der Waals surface area (Å²) in [6, 6.07) is 2.33. The second kappa shape index (κ2) is 6.41. The zero-order valence-electron chi connectivity index (χ0n) is 11.3. The molecule has 0 spiro atoms. The van der Waals surface area contributed by atoms with E-state index < -0.39 is 23.7 Å². The largest absolute Gasteiger partial charge is 0.479 e. The Balaban J connectivity index is 2.08. The number of carbonyl (C=O) groups excluding carboxylic acids is 1. The summed E-state index contributed by atoms with van der Waals surface area (Å²) in [5, 5.41) is 11.5. The third kappa shape index (κ3) is 3.71. The summed E-state index contributed by atoms with van der Waals surface area (Å²) in [7, 11) is 0. The van der Waals surface area contributed by atoms with E-state index in [0.29, 0.717) is 13.0 Å². The lowest BCUT2D eigenvalue weighted by Gasteiger charge is -2.15. The van der Waals surface area contributed by atoms with E-state index in [4.69, 9.17) is 16.3 Å². The van der Waals surface area contributed by atoms with Crippen LogP contribution in [0.3, 0.4) is 0 Å². The molecule has 1 aromatic carbocycles. The number of carbonyl (C=O) groups is 2. The molecule has 0 saturated heterocycles.